The number of nitrogens with zero attached hydrogens (tertiary/aromatic N) is 6. The molecular weight excluding hydrogens is 168 g/mol. The quantitative estimate of drug-likeness (QED) is 0.376. The number of hydrogen-bond acceptors (Lipinski definition) is 3. The van der Waals surface area contributed by atoms with Gasteiger partial charge in [0, 0.05) is 11.1 Å². The fraction of sp³-hybridized carbons (Fsp3) is 0.143. The normalized spacial score (nSPS) is 9.92. The minimum atomic E-state index is 0.146. The van der Waals surface area contributed by atoms with Gasteiger partial charge < -0.3 is 0 Å². The molecule has 64 valence electrons. The zero-order valence-corrected chi connectivity index (χ0v) is 6.92. The van der Waals surface area contributed by atoms with Gasteiger partial charge in [0.25, 0.3) is 0 Å². The Kier molecular flexibility index (Phi) is 1.61. The third-order valence-electron chi connectivity index (χ3n) is 1.62. The average Bonchev–Trinajstić information content (AvgIpc) is 2.46. The Morgan fingerprint density at radius 1 is 1.62 bits per heavy atom. The van der Waals surface area contributed by atoms with Gasteiger partial charge in [-0.2, -0.15) is 0 Å². The summed E-state index contributed by atoms with van der Waals surface area (Å²) in [6, 6.07) is 3.77. The van der Waals surface area contributed by atoms with Gasteiger partial charge in [0.2, 0.25) is 5.95 Å². The van der Waals surface area contributed by atoms with E-state index in [1.54, 1.807) is 10.7 Å². The Labute approximate surface area is 73.5 Å². The van der Waals surface area contributed by atoms with Crippen LogP contribution in [0.3, 0.4) is 0 Å². The summed E-state index contributed by atoms with van der Waals surface area (Å²) in [4.78, 5) is 6.61. The Morgan fingerprint density at radius 3 is 3.23 bits per heavy atom. The van der Waals surface area contributed by atoms with E-state index < -0.39 is 0 Å². The van der Waals surface area contributed by atoms with Gasteiger partial charge in [-0.15, -0.1) is 5.10 Å². The maximum atomic E-state index is 8.17. The second-order valence-electron chi connectivity index (χ2n) is 2.61. The molecule has 0 bridgehead atoms. The lowest BCUT2D eigenvalue weighted by Gasteiger charge is -1.90. The fourth-order valence-corrected chi connectivity index (χ4v) is 1.05. The van der Waals surface area contributed by atoms with Crippen molar-refractivity contribution in [3.63, 3.8) is 0 Å². The van der Waals surface area contributed by atoms with E-state index in [0.29, 0.717) is 5.65 Å². The Bertz CT molecular complexity index is 493. The summed E-state index contributed by atoms with van der Waals surface area (Å²) in [5.41, 5.74) is 9.94. The highest BCUT2D eigenvalue weighted by Crippen LogP contribution is 2.09. The van der Waals surface area contributed by atoms with Crippen LogP contribution >= 0.6 is 0 Å². The molecule has 0 N–H and O–H groups in total. The van der Waals surface area contributed by atoms with Gasteiger partial charge in [-0.3, -0.25) is 0 Å². The molecule has 6 nitrogen and oxygen atoms in total. The van der Waals surface area contributed by atoms with Crippen LogP contribution in [0.1, 0.15) is 5.56 Å². The molecule has 0 aliphatic rings. The SMILES string of the molecule is Cc1ccn2nc(N=[N+]=[N-])nc2c1. The van der Waals surface area contributed by atoms with Gasteiger partial charge in [-0.25, -0.2) is 9.50 Å². The van der Waals surface area contributed by atoms with Crippen LogP contribution in [0, 0.1) is 6.92 Å². The Hall–Kier alpha value is -2.07. The molecule has 0 spiro atoms. The Balaban J connectivity index is 2.68. The molecule has 0 fully saturated rings. The monoisotopic (exact) mass is 174 g/mol. The van der Waals surface area contributed by atoms with Crippen LogP contribution in [0.2, 0.25) is 0 Å². The van der Waals surface area contributed by atoms with Crippen LogP contribution in [-0.4, -0.2) is 14.6 Å². The highest BCUT2D eigenvalue weighted by Gasteiger charge is 1.99. The van der Waals surface area contributed by atoms with E-state index in [1.807, 2.05) is 19.1 Å². The molecule has 0 atom stereocenters. The van der Waals surface area contributed by atoms with Crippen LogP contribution in [0.15, 0.2) is 23.4 Å². The van der Waals surface area contributed by atoms with E-state index in [-0.39, 0.29) is 5.95 Å². The molecule has 0 saturated carbocycles. The number of fused-ring (bicyclic) bond motifs is 1. The molecule has 6 heteroatoms. The third-order valence-corrected chi connectivity index (χ3v) is 1.62. The number of pyridine rings is 1. The highest BCUT2D eigenvalue weighted by atomic mass is 15.4. The molecule has 0 amide bonds. The minimum Gasteiger partial charge on any atom is -0.221 e. The second kappa shape index (κ2) is 2.76. The molecular formula is C7H6N6. The van der Waals surface area contributed by atoms with Gasteiger partial charge in [0.1, 0.15) is 0 Å². The fourth-order valence-electron chi connectivity index (χ4n) is 1.05. The molecule has 13 heavy (non-hydrogen) atoms. The van der Waals surface area contributed by atoms with Crippen molar-refractivity contribution in [2.45, 2.75) is 6.92 Å². The van der Waals surface area contributed by atoms with Crippen molar-refractivity contribution in [1.29, 1.82) is 0 Å². The van der Waals surface area contributed by atoms with Crippen molar-refractivity contribution < 1.29 is 0 Å². The predicted molar refractivity (Wildman–Crippen MR) is 46.5 cm³/mol. The lowest BCUT2D eigenvalue weighted by atomic mass is 10.3. The van der Waals surface area contributed by atoms with Crippen molar-refractivity contribution in [3.8, 4) is 0 Å². The molecule has 2 rings (SSSR count). The predicted octanol–water partition coefficient (Wildman–Crippen LogP) is 1.98. The maximum Gasteiger partial charge on any atom is 0.238 e. The van der Waals surface area contributed by atoms with Crippen LogP contribution in [0.25, 0.3) is 16.1 Å². The summed E-state index contributed by atoms with van der Waals surface area (Å²) in [5, 5.41) is 7.24. The van der Waals surface area contributed by atoms with Crippen molar-refractivity contribution >= 4 is 11.6 Å². The van der Waals surface area contributed by atoms with E-state index in [0.717, 1.165) is 5.56 Å². The van der Waals surface area contributed by atoms with Crippen LogP contribution in [-0.2, 0) is 0 Å². The maximum absolute atomic E-state index is 8.17. The number of aryl methyl sites for hydroxylation is 1. The summed E-state index contributed by atoms with van der Waals surface area (Å²) < 4.78 is 1.57. The summed E-state index contributed by atoms with van der Waals surface area (Å²) in [6.45, 7) is 1.96. The minimum absolute atomic E-state index is 0.146. The van der Waals surface area contributed by atoms with Gasteiger partial charge in [-0.1, -0.05) is 0 Å². The third kappa shape index (κ3) is 1.30. The first-order valence-electron chi connectivity index (χ1n) is 3.68. The Morgan fingerprint density at radius 2 is 2.46 bits per heavy atom. The van der Waals surface area contributed by atoms with Crippen LogP contribution in [0.4, 0.5) is 5.95 Å². The zero-order valence-electron chi connectivity index (χ0n) is 6.92. The number of azide groups is 1. The standard InChI is InChI=1S/C7H6N6/c1-5-2-3-13-6(4-5)9-7(11-13)10-12-8/h2-4H,1H3. The second-order valence-corrected chi connectivity index (χ2v) is 2.61. The van der Waals surface area contributed by atoms with Crippen molar-refractivity contribution in [1.82, 2.24) is 14.6 Å². The van der Waals surface area contributed by atoms with Gasteiger partial charge in [0.05, 0.1) is 0 Å². The van der Waals surface area contributed by atoms with Crippen molar-refractivity contribution in [2.75, 3.05) is 0 Å². The number of hydrogen-bond donors (Lipinski definition) is 0. The lowest BCUT2D eigenvalue weighted by Crippen LogP contribution is -1.85. The van der Waals surface area contributed by atoms with Crippen LogP contribution < -0.4 is 0 Å². The lowest BCUT2D eigenvalue weighted by molar-refractivity contribution is 0.954. The zero-order chi connectivity index (χ0) is 9.26. The summed E-state index contributed by atoms with van der Waals surface area (Å²) in [6.07, 6.45) is 1.77. The molecule has 0 saturated heterocycles. The first-order valence-corrected chi connectivity index (χ1v) is 3.68. The molecule has 0 aliphatic carbocycles. The molecule has 0 unspecified atom stereocenters. The van der Waals surface area contributed by atoms with E-state index in [1.165, 1.54) is 0 Å². The van der Waals surface area contributed by atoms with Crippen molar-refractivity contribution in [3.05, 3.63) is 34.3 Å². The summed E-state index contributed by atoms with van der Waals surface area (Å²) in [5.74, 6) is 0.146. The first kappa shape index (κ1) is 7.57. The summed E-state index contributed by atoms with van der Waals surface area (Å²) in [7, 11) is 0. The molecule has 2 heterocycles. The van der Waals surface area contributed by atoms with E-state index in [9.17, 15) is 0 Å². The molecule has 0 aromatic carbocycles. The molecule has 2 aromatic rings. The van der Waals surface area contributed by atoms with Crippen molar-refractivity contribution in [2.24, 2.45) is 5.11 Å². The first-order chi connectivity index (χ1) is 6.29. The van der Waals surface area contributed by atoms with Gasteiger partial charge in [0.15, 0.2) is 5.65 Å². The molecule has 0 radical (unpaired) electrons. The number of aromatic nitrogens is 3. The molecule has 2 aromatic heterocycles. The largest absolute Gasteiger partial charge is 0.238 e. The smallest absolute Gasteiger partial charge is 0.221 e. The average molecular weight is 174 g/mol. The number of rotatable bonds is 1. The van der Waals surface area contributed by atoms with E-state index in [4.69, 9.17) is 5.53 Å². The molecule has 0 aliphatic heterocycles. The summed E-state index contributed by atoms with van der Waals surface area (Å²) >= 11 is 0. The van der Waals surface area contributed by atoms with E-state index in [2.05, 4.69) is 20.1 Å². The topological polar surface area (TPSA) is 79.0 Å². The highest BCUT2D eigenvalue weighted by molar-refractivity contribution is 5.43. The van der Waals surface area contributed by atoms with Gasteiger partial charge in [-0.05, 0) is 35.3 Å². The van der Waals surface area contributed by atoms with E-state index >= 15 is 0 Å². The van der Waals surface area contributed by atoms with Crippen LogP contribution in [0.5, 0.6) is 0 Å². The van der Waals surface area contributed by atoms with Gasteiger partial charge >= 0.3 is 0 Å².